The highest BCUT2D eigenvalue weighted by atomic mass is 32.2. The van der Waals surface area contributed by atoms with Crippen LogP contribution < -0.4 is 5.32 Å². The molecule has 3 rings (SSSR count). The van der Waals surface area contributed by atoms with Gasteiger partial charge in [-0.05, 0) is 35.8 Å². The van der Waals surface area contributed by atoms with Gasteiger partial charge in [-0.25, -0.2) is 0 Å². The average molecular weight is 428 g/mol. The summed E-state index contributed by atoms with van der Waals surface area (Å²) in [6.07, 6.45) is 0. The monoisotopic (exact) mass is 427 g/mol. The Kier molecular flexibility index (Phi) is 8.65. The molecule has 0 fully saturated rings. The Morgan fingerprint density at radius 2 is 1.83 bits per heavy atom. The second-order valence-electron chi connectivity index (χ2n) is 6.90. The second-order valence-corrected chi connectivity index (χ2v) is 9.21. The van der Waals surface area contributed by atoms with Gasteiger partial charge in [0.05, 0.1) is 6.54 Å². The van der Waals surface area contributed by atoms with Crippen LogP contribution in [0.2, 0.25) is 0 Å². The van der Waals surface area contributed by atoms with E-state index in [2.05, 4.69) is 53.3 Å². The smallest absolute Gasteiger partial charge is 0.251 e. The standard InChI is InChI=1S/C23H29N3OS2/c1-3-26(4-2)16-19-11-9-18(10-12-19)15-25-22(27)21-8-6-5-7-20(21)17-29-23-24-13-14-28-23/h5-12H,3-4,13-17H2,1-2H3,(H,25,27). The van der Waals surface area contributed by atoms with E-state index in [-0.39, 0.29) is 5.91 Å². The Hall–Kier alpha value is -1.76. The van der Waals surface area contributed by atoms with Crippen molar-refractivity contribution in [2.24, 2.45) is 4.99 Å². The number of aliphatic imine (C=N–C) groups is 1. The van der Waals surface area contributed by atoms with E-state index in [4.69, 9.17) is 0 Å². The molecule has 0 radical (unpaired) electrons. The summed E-state index contributed by atoms with van der Waals surface area (Å²) in [7, 11) is 0. The van der Waals surface area contributed by atoms with Gasteiger partial charge in [-0.15, -0.1) is 0 Å². The Balaban J connectivity index is 1.55. The molecule has 1 N–H and O–H groups in total. The summed E-state index contributed by atoms with van der Waals surface area (Å²) < 4.78 is 1.13. The summed E-state index contributed by atoms with van der Waals surface area (Å²) in [5, 5.41) is 3.07. The lowest BCUT2D eigenvalue weighted by molar-refractivity contribution is 0.0950. The van der Waals surface area contributed by atoms with Crippen LogP contribution in [0.3, 0.4) is 0 Å². The van der Waals surface area contributed by atoms with Crippen LogP contribution in [0.15, 0.2) is 53.5 Å². The molecular weight excluding hydrogens is 398 g/mol. The predicted octanol–water partition coefficient (Wildman–Crippen LogP) is 4.79. The van der Waals surface area contributed by atoms with E-state index in [1.165, 1.54) is 5.56 Å². The van der Waals surface area contributed by atoms with Crippen molar-refractivity contribution in [2.45, 2.75) is 32.7 Å². The number of hydrogen-bond donors (Lipinski definition) is 1. The molecule has 0 bridgehead atoms. The summed E-state index contributed by atoms with van der Waals surface area (Å²) in [6.45, 7) is 8.88. The third kappa shape index (κ3) is 6.63. The van der Waals surface area contributed by atoms with Crippen LogP contribution in [0.25, 0.3) is 0 Å². The SMILES string of the molecule is CCN(CC)Cc1ccc(CNC(=O)c2ccccc2CSC2=NCCS2)cc1. The first kappa shape index (κ1) is 21.9. The van der Waals surface area contributed by atoms with E-state index in [1.54, 1.807) is 23.5 Å². The molecule has 1 heterocycles. The molecule has 0 unspecified atom stereocenters. The summed E-state index contributed by atoms with van der Waals surface area (Å²) in [5.74, 6) is 1.82. The van der Waals surface area contributed by atoms with E-state index >= 15 is 0 Å². The molecule has 0 aliphatic carbocycles. The third-order valence-electron chi connectivity index (χ3n) is 4.95. The molecule has 154 valence electrons. The van der Waals surface area contributed by atoms with Gasteiger partial charge in [0.1, 0.15) is 4.38 Å². The maximum Gasteiger partial charge on any atom is 0.251 e. The molecule has 6 heteroatoms. The lowest BCUT2D eigenvalue weighted by Crippen LogP contribution is -2.24. The number of rotatable bonds is 9. The van der Waals surface area contributed by atoms with Gasteiger partial charge in [0.15, 0.2) is 0 Å². The number of nitrogens with zero attached hydrogens (tertiary/aromatic N) is 2. The molecule has 4 nitrogen and oxygen atoms in total. The highest BCUT2D eigenvalue weighted by Gasteiger charge is 2.13. The van der Waals surface area contributed by atoms with Gasteiger partial charge < -0.3 is 5.32 Å². The topological polar surface area (TPSA) is 44.7 Å². The van der Waals surface area contributed by atoms with Crippen molar-refractivity contribution < 1.29 is 4.79 Å². The minimum Gasteiger partial charge on any atom is -0.348 e. The van der Waals surface area contributed by atoms with Crippen molar-refractivity contribution in [3.8, 4) is 0 Å². The first-order valence-electron chi connectivity index (χ1n) is 10.2. The van der Waals surface area contributed by atoms with Gasteiger partial charge in [0, 0.05) is 30.2 Å². The fraction of sp³-hybridized carbons (Fsp3) is 0.391. The summed E-state index contributed by atoms with van der Waals surface area (Å²) >= 11 is 3.52. The van der Waals surface area contributed by atoms with Crippen molar-refractivity contribution in [3.05, 3.63) is 70.8 Å². The highest BCUT2D eigenvalue weighted by Crippen LogP contribution is 2.26. The zero-order valence-corrected chi connectivity index (χ0v) is 18.8. The molecule has 0 saturated heterocycles. The second kappa shape index (κ2) is 11.4. The van der Waals surface area contributed by atoms with Gasteiger partial charge in [0.25, 0.3) is 5.91 Å². The van der Waals surface area contributed by atoms with Gasteiger partial charge in [0.2, 0.25) is 0 Å². The van der Waals surface area contributed by atoms with Gasteiger partial charge in [-0.1, -0.05) is 79.8 Å². The Morgan fingerprint density at radius 3 is 2.52 bits per heavy atom. The minimum atomic E-state index is -0.0190. The number of amides is 1. The van der Waals surface area contributed by atoms with Crippen LogP contribution in [-0.4, -0.2) is 40.6 Å². The Morgan fingerprint density at radius 1 is 1.10 bits per heavy atom. The maximum atomic E-state index is 12.8. The predicted molar refractivity (Wildman–Crippen MR) is 127 cm³/mol. The Labute approximate surface area is 182 Å². The van der Waals surface area contributed by atoms with Crippen LogP contribution in [0, 0.1) is 0 Å². The molecule has 1 amide bonds. The lowest BCUT2D eigenvalue weighted by Gasteiger charge is -2.18. The van der Waals surface area contributed by atoms with Crippen molar-refractivity contribution in [2.75, 3.05) is 25.4 Å². The quantitative estimate of drug-likeness (QED) is 0.625. The van der Waals surface area contributed by atoms with Crippen LogP contribution in [0.5, 0.6) is 0 Å². The van der Waals surface area contributed by atoms with E-state index in [0.717, 1.165) is 58.8 Å². The van der Waals surface area contributed by atoms with Crippen molar-refractivity contribution >= 4 is 33.8 Å². The first-order chi connectivity index (χ1) is 14.2. The van der Waals surface area contributed by atoms with Crippen molar-refractivity contribution in [1.82, 2.24) is 10.2 Å². The number of benzene rings is 2. The van der Waals surface area contributed by atoms with Crippen LogP contribution in [0.1, 0.15) is 40.9 Å². The molecule has 0 saturated carbocycles. The van der Waals surface area contributed by atoms with Crippen LogP contribution >= 0.6 is 23.5 Å². The molecule has 0 aromatic heterocycles. The molecule has 29 heavy (non-hydrogen) atoms. The van der Waals surface area contributed by atoms with Gasteiger partial charge in [-0.2, -0.15) is 0 Å². The first-order valence-corrected chi connectivity index (χ1v) is 12.1. The average Bonchev–Trinajstić information content (AvgIpc) is 3.29. The zero-order chi connectivity index (χ0) is 20.5. The number of thioether (sulfide) groups is 2. The molecule has 0 atom stereocenters. The normalized spacial score (nSPS) is 13.6. The number of carbonyl (C=O) groups is 1. The number of carbonyl (C=O) groups excluding carboxylic acids is 1. The molecule has 1 aliphatic rings. The summed E-state index contributed by atoms with van der Waals surface area (Å²) in [6, 6.07) is 16.4. The van der Waals surface area contributed by atoms with Crippen LogP contribution in [0.4, 0.5) is 0 Å². The minimum absolute atomic E-state index is 0.0190. The van der Waals surface area contributed by atoms with Gasteiger partial charge >= 0.3 is 0 Å². The third-order valence-corrected chi connectivity index (χ3v) is 7.25. The fourth-order valence-corrected chi connectivity index (χ4v) is 5.17. The lowest BCUT2D eigenvalue weighted by atomic mass is 10.1. The summed E-state index contributed by atoms with van der Waals surface area (Å²) in [5.41, 5.74) is 4.23. The van der Waals surface area contributed by atoms with E-state index in [1.807, 2.05) is 24.3 Å². The van der Waals surface area contributed by atoms with Gasteiger partial charge in [-0.3, -0.25) is 14.7 Å². The largest absolute Gasteiger partial charge is 0.348 e. The van der Waals surface area contributed by atoms with E-state index in [0.29, 0.717) is 6.54 Å². The number of hydrogen-bond acceptors (Lipinski definition) is 5. The molecule has 2 aromatic rings. The van der Waals surface area contributed by atoms with Crippen molar-refractivity contribution in [1.29, 1.82) is 0 Å². The number of nitrogens with one attached hydrogen (secondary N) is 1. The maximum absolute atomic E-state index is 12.8. The van der Waals surface area contributed by atoms with E-state index < -0.39 is 0 Å². The zero-order valence-electron chi connectivity index (χ0n) is 17.2. The summed E-state index contributed by atoms with van der Waals surface area (Å²) in [4.78, 5) is 19.6. The molecule has 0 spiro atoms. The van der Waals surface area contributed by atoms with Crippen molar-refractivity contribution in [3.63, 3.8) is 0 Å². The molecule has 2 aromatic carbocycles. The van der Waals surface area contributed by atoms with Crippen LogP contribution in [-0.2, 0) is 18.8 Å². The fourth-order valence-electron chi connectivity index (χ4n) is 3.16. The Bertz CT molecular complexity index is 832. The highest BCUT2D eigenvalue weighted by molar-refractivity contribution is 8.38. The molecular formula is C23H29N3OS2. The van der Waals surface area contributed by atoms with E-state index in [9.17, 15) is 4.79 Å². The molecule has 1 aliphatic heterocycles.